The van der Waals surface area contributed by atoms with E-state index in [0.717, 1.165) is 12.8 Å². The van der Waals surface area contributed by atoms with Gasteiger partial charge in [0.15, 0.2) is 0 Å². The maximum Gasteiger partial charge on any atom is 0.299 e. The third kappa shape index (κ3) is 1.98. The zero-order chi connectivity index (χ0) is 11.5. The molecule has 5 nitrogen and oxygen atoms in total. The molecular formula is C11H14N2O3. The Kier molecular flexibility index (Phi) is 3.03. The summed E-state index contributed by atoms with van der Waals surface area (Å²) >= 11 is 0. The fourth-order valence-corrected chi connectivity index (χ4v) is 2.14. The molecule has 0 bridgehead atoms. The number of likely N-dealkylation sites (N-methyl/N-ethyl adjacent to an activating group) is 1. The third-order valence-corrected chi connectivity index (χ3v) is 2.96. The summed E-state index contributed by atoms with van der Waals surface area (Å²) in [5.41, 5.74) is 0.418. The molecule has 2 rings (SSSR count). The summed E-state index contributed by atoms with van der Waals surface area (Å²) in [6.45, 7) is 0.299. The van der Waals surface area contributed by atoms with Gasteiger partial charge in [-0.15, -0.1) is 5.10 Å². The van der Waals surface area contributed by atoms with Gasteiger partial charge in [0.1, 0.15) is 5.57 Å². The molecule has 0 unspecified atom stereocenters. The van der Waals surface area contributed by atoms with Crippen molar-refractivity contribution in [1.29, 1.82) is 0 Å². The normalized spacial score (nSPS) is 24.1. The van der Waals surface area contributed by atoms with Crippen molar-refractivity contribution >= 4 is 18.3 Å². The average molecular weight is 222 g/mol. The van der Waals surface area contributed by atoms with E-state index in [1.54, 1.807) is 7.05 Å². The molecule has 1 fully saturated rings. The largest absolute Gasteiger partial charge is 0.407 e. The van der Waals surface area contributed by atoms with E-state index in [0.29, 0.717) is 18.0 Å². The van der Waals surface area contributed by atoms with Crippen LogP contribution in [-0.2, 0) is 14.3 Å². The maximum absolute atomic E-state index is 11.7. The molecule has 16 heavy (non-hydrogen) atoms. The Morgan fingerprint density at radius 1 is 1.44 bits per heavy atom. The van der Waals surface area contributed by atoms with Gasteiger partial charge in [0.2, 0.25) is 0 Å². The molecule has 1 saturated carbocycles. The summed E-state index contributed by atoms with van der Waals surface area (Å²) in [5, 5.41) is 5.06. The van der Waals surface area contributed by atoms with Crippen molar-refractivity contribution in [2.75, 3.05) is 7.05 Å². The summed E-state index contributed by atoms with van der Waals surface area (Å²) in [5.74, 6) is 0.323. The summed E-state index contributed by atoms with van der Waals surface area (Å²) < 4.78 is 4.71. The zero-order valence-corrected chi connectivity index (χ0v) is 9.18. The number of amides is 1. The van der Waals surface area contributed by atoms with Gasteiger partial charge in [0.25, 0.3) is 18.3 Å². The first-order chi connectivity index (χ1) is 7.72. The molecule has 1 aliphatic carbocycles. The highest BCUT2D eigenvalue weighted by Gasteiger charge is 2.30. The molecule has 0 saturated heterocycles. The Bertz CT molecular complexity index is 367. The summed E-state index contributed by atoms with van der Waals surface area (Å²) in [7, 11) is 1.55. The lowest BCUT2D eigenvalue weighted by Gasteiger charge is -2.04. The Morgan fingerprint density at radius 3 is 2.75 bits per heavy atom. The standard InChI is InChI=1S/C11H14N2O3/c1-13-11(15)9(10(12-13)16-7-14)6-8-4-2-3-5-8/h6-8H,2-5H2,1H3/b9-6-. The van der Waals surface area contributed by atoms with E-state index in [4.69, 9.17) is 4.74 Å². The van der Waals surface area contributed by atoms with E-state index < -0.39 is 0 Å². The highest BCUT2D eigenvalue weighted by molar-refractivity contribution is 6.22. The van der Waals surface area contributed by atoms with Crippen molar-refractivity contribution in [2.24, 2.45) is 11.0 Å². The van der Waals surface area contributed by atoms with Crippen molar-refractivity contribution in [3.8, 4) is 0 Å². The molecule has 1 amide bonds. The molecular weight excluding hydrogens is 208 g/mol. The minimum atomic E-state index is -0.205. The van der Waals surface area contributed by atoms with Crippen LogP contribution < -0.4 is 0 Å². The van der Waals surface area contributed by atoms with E-state index in [1.165, 1.54) is 17.9 Å². The number of ether oxygens (including phenoxy) is 1. The Labute approximate surface area is 93.7 Å². The van der Waals surface area contributed by atoms with E-state index in [9.17, 15) is 9.59 Å². The van der Waals surface area contributed by atoms with Gasteiger partial charge in [-0.2, -0.15) is 0 Å². The van der Waals surface area contributed by atoms with Gasteiger partial charge in [-0.1, -0.05) is 18.9 Å². The highest BCUT2D eigenvalue weighted by atomic mass is 16.5. The summed E-state index contributed by atoms with van der Waals surface area (Å²) in [4.78, 5) is 22.0. The van der Waals surface area contributed by atoms with Gasteiger partial charge in [0.05, 0.1) is 0 Å². The molecule has 0 spiro atoms. The molecule has 1 heterocycles. The van der Waals surface area contributed by atoms with E-state index in [1.807, 2.05) is 6.08 Å². The molecule has 5 heteroatoms. The first-order valence-corrected chi connectivity index (χ1v) is 5.41. The molecule has 0 N–H and O–H groups in total. The number of allylic oxidation sites excluding steroid dienone is 1. The number of hydrogen-bond donors (Lipinski definition) is 0. The number of rotatable bonds is 2. The lowest BCUT2D eigenvalue weighted by atomic mass is 10.0. The number of carbonyl (C=O) groups excluding carboxylic acids is 2. The van der Waals surface area contributed by atoms with Gasteiger partial charge < -0.3 is 4.74 Å². The van der Waals surface area contributed by atoms with Crippen LogP contribution in [0.25, 0.3) is 0 Å². The molecule has 0 aromatic rings. The van der Waals surface area contributed by atoms with Crippen LogP contribution in [0.3, 0.4) is 0 Å². The Hall–Kier alpha value is -1.65. The van der Waals surface area contributed by atoms with Crippen LogP contribution in [0.2, 0.25) is 0 Å². The number of hydrogen-bond acceptors (Lipinski definition) is 4. The van der Waals surface area contributed by atoms with Crippen molar-refractivity contribution in [3.63, 3.8) is 0 Å². The van der Waals surface area contributed by atoms with Crippen molar-refractivity contribution < 1.29 is 14.3 Å². The van der Waals surface area contributed by atoms with Crippen LogP contribution in [0.5, 0.6) is 0 Å². The van der Waals surface area contributed by atoms with Crippen LogP contribution in [0.15, 0.2) is 16.8 Å². The first-order valence-electron chi connectivity index (χ1n) is 5.41. The fraction of sp³-hybridized carbons (Fsp3) is 0.545. The smallest absolute Gasteiger partial charge is 0.299 e. The van der Waals surface area contributed by atoms with Gasteiger partial charge in [0, 0.05) is 7.05 Å². The molecule has 86 valence electrons. The second-order valence-electron chi connectivity index (χ2n) is 4.07. The monoisotopic (exact) mass is 222 g/mol. The molecule has 0 aromatic carbocycles. The molecule has 0 radical (unpaired) electrons. The lowest BCUT2D eigenvalue weighted by Crippen LogP contribution is -2.18. The molecule has 0 aromatic heterocycles. The van der Waals surface area contributed by atoms with Gasteiger partial charge in [-0.05, 0) is 18.8 Å². The van der Waals surface area contributed by atoms with Gasteiger partial charge in [-0.25, -0.2) is 5.01 Å². The van der Waals surface area contributed by atoms with Crippen LogP contribution in [0.1, 0.15) is 25.7 Å². The number of nitrogens with zero attached hydrogens (tertiary/aromatic N) is 2. The van der Waals surface area contributed by atoms with Crippen LogP contribution in [0, 0.1) is 5.92 Å². The minimum absolute atomic E-state index is 0.120. The van der Waals surface area contributed by atoms with Crippen molar-refractivity contribution in [2.45, 2.75) is 25.7 Å². The van der Waals surface area contributed by atoms with Crippen molar-refractivity contribution in [1.82, 2.24) is 5.01 Å². The van der Waals surface area contributed by atoms with Crippen LogP contribution >= 0.6 is 0 Å². The van der Waals surface area contributed by atoms with Crippen LogP contribution in [-0.4, -0.2) is 30.3 Å². The zero-order valence-electron chi connectivity index (χ0n) is 9.18. The van der Waals surface area contributed by atoms with Crippen molar-refractivity contribution in [3.05, 3.63) is 11.6 Å². The Balaban J connectivity index is 2.19. The minimum Gasteiger partial charge on any atom is -0.407 e. The van der Waals surface area contributed by atoms with E-state index in [2.05, 4.69) is 5.10 Å². The summed E-state index contributed by atoms with van der Waals surface area (Å²) in [6, 6.07) is 0. The predicted molar refractivity (Wildman–Crippen MR) is 57.4 cm³/mol. The molecule has 1 aliphatic heterocycles. The SMILES string of the molecule is CN1N=C(OC=O)/C(=C/C2CCCC2)C1=O. The number of carbonyl (C=O) groups is 2. The second-order valence-corrected chi connectivity index (χ2v) is 4.07. The molecule has 2 aliphatic rings. The Morgan fingerprint density at radius 2 is 2.12 bits per heavy atom. The topological polar surface area (TPSA) is 59.0 Å². The maximum atomic E-state index is 11.7. The molecule has 0 atom stereocenters. The van der Waals surface area contributed by atoms with E-state index >= 15 is 0 Å². The second kappa shape index (κ2) is 4.47. The predicted octanol–water partition coefficient (Wildman–Crippen LogP) is 1.06. The third-order valence-electron chi connectivity index (χ3n) is 2.96. The summed E-state index contributed by atoms with van der Waals surface area (Å²) in [6.07, 6.45) is 6.46. The van der Waals surface area contributed by atoms with Crippen LogP contribution in [0.4, 0.5) is 0 Å². The first kappa shape index (κ1) is 10.9. The van der Waals surface area contributed by atoms with E-state index in [-0.39, 0.29) is 11.8 Å². The highest BCUT2D eigenvalue weighted by Crippen LogP contribution is 2.28. The lowest BCUT2D eigenvalue weighted by molar-refractivity contribution is -0.124. The fourth-order valence-electron chi connectivity index (χ4n) is 2.14. The average Bonchev–Trinajstić information content (AvgIpc) is 2.84. The number of hydrazone groups is 1. The van der Waals surface area contributed by atoms with Gasteiger partial charge in [-0.3, -0.25) is 9.59 Å². The van der Waals surface area contributed by atoms with Gasteiger partial charge >= 0.3 is 0 Å². The quantitative estimate of drug-likeness (QED) is 0.518.